The van der Waals surface area contributed by atoms with E-state index in [4.69, 9.17) is 5.11 Å². The number of hydrogen-bond acceptors (Lipinski definition) is 1. The third kappa shape index (κ3) is 1.37. The van der Waals surface area contributed by atoms with Crippen molar-refractivity contribution >= 4 is 11.5 Å². The molecule has 2 aromatic rings. The zero-order valence-corrected chi connectivity index (χ0v) is 7.90. The van der Waals surface area contributed by atoms with E-state index in [0.717, 1.165) is 11.9 Å². The first kappa shape index (κ1) is 8.81. The minimum Gasteiger partial charge on any atom is -0.478 e. The van der Waals surface area contributed by atoms with Crippen LogP contribution in [0.2, 0.25) is 0 Å². The van der Waals surface area contributed by atoms with Crippen LogP contribution in [0, 0.1) is 0 Å². The summed E-state index contributed by atoms with van der Waals surface area (Å²) in [5.74, 6) is -0.883. The molecule has 0 unspecified atom stereocenters. The third-order valence-corrected chi connectivity index (χ3v) is 2.31. The largest absolute Gasteiger partial charge is 0.478 e. The van der Waals surface area contributed by atoms with Crippen molar-refractivity contribution in [3.05, 3.63) is 41.7 Å². The van der Waals surface area contributed by atoms with E-state index in [1.807, 2.05) is 22.7 Å². The van der Waals surface area contributed by atoms with Gasteiger partial charge in [-0.2, -0.15) is 0 Å². The molecule has 3 nitrogen and oxygen atoms in total. The maximum Gasteiger partial charge on any atom is 0.337 e. The molecule has 2 heterocycles. The van der Waals surface area contributed by atoms with Crippen molar-refractivity contribution in [2.75, 3.05) is 0 Å². The second kappa shape index (κ2) is 3.18. The van der Waals surface area contributed by atoms with Gasteiger partial charge in [0, 0.05) is 17.9 Å². The van der Waals surface area contributed by atoms with E-state index in [2.05, 4.69) is 6.92 Å². The van der Waals surface area contributed by atoms with E-state index in [1.54, 1.807) is 12.3 Å². The van der Waals surface area contributed by atoms with Crippen molar-refractivity contribution in [3.8, 4) is 0 Å². The minimum atomic E-state index is -0.883. The first-order valence-corrected chi connectivity index (χ1v) is 4.54. The van der Waals surface area contributed by atoms with E-state index in [-0.39, 0.29) is 0 Å². The number of aromatic nitrogens is 1. The summed E-state index contributed by atoms with van der Waals surface area (Å²) in [5, 5.41) is 8.80. The van der Waals surface area contributed by atoms with Crippen LogP contribution < -0.4 is 0 Å². The van der Waals surface area contributed by atoms with Crippen LogP contribution in [0.3, 0.4) is 0 Å². The van der Waals surface area contributed by atoms with Gasteiger partial charge in [-0.1, -0.05) is 13.0 Å². The summed E-state index contributed by atoms with van der Waals surface area (Å²) in [7, 11) is 0. The molecule has 0 aliphatic rings. The van der Waals surface area contributed by atoms with Crippen LogP contribution in [0.15, 0.2) is 30.6 Å². The topological polar surface area (TPSA) is 41.7 Å². The number of pyridine rings is 1. The van der Waals surface area contributed by atoms with E-state index in [1.165, 1.54) is 5.56 Å². The summed E-state index contributed by atoms with van der Waals surface area (Å²) in [4.78, 5) is 10.7. The van der Waals surface area contributed by atoms with Crippen LogP contribution in [-0.4, -0.2) is 15.5 Å². The lowest BCUT2D eigenvalue weighted by Crippen LogP contribution is -1.92. The van der Waals surface area contributed by atoms with Crippen molar-refractivity contribution in [2.24, 2.45) is 0 Å². The van der Waals surface area contributed by atoms with E-state index >= 15 is 0 Å². The summed E-state index contributed by atoms with van der Waals surface area (Å²) in [6.45, 7) is 2.07. The third-order valence-electron chi connectivity index (χ3n) is 2.31. The minimum absolute atomic E-state index is 0.332. The fourth-order valence-corrected chi connectivity index (χ4v) is 1.48. The smallest absolute Gasteiger partial charge is 0.337 e. The summed E-state index contributed by atoms with van der Waals surface area (Å²) in [6, 6.07) is 5.62. The van der Waals surface area contributed by atoms with Crippen LogP contribution in [0.25, 0.3) is 5.52 Å². The lowest BCUT2D eigenvalue weighted by molar-refractivity contribution is 0.0697. The van der Waals surface area contributed by atoms with Crippen molar-refractivity contribution in [1.29, 1.82) is 0 Å². The van der Waals surface area contributed by atoms with Crippen molar-refractivity contribution in [3.63, 3.8) is 0 Å². The summed E-state index contributed by atoms with van der Waals surface area (Å²) < 4.78 is 1.85. The molecule has 0 saturated carbocycles. The van der Waals surface area contributed by atoms with Gasteiger partial charge in [0.05, 0.1) is 5.56 Å². The average molecular weight is 189 g/mol. The van der Waals surface area contributed by atoms with Gasteiger partial charge in [0.1, 0.15) is 0 Å². The molecule has 72 valence electrons. The number of rotatable bonds is 2. The monoisotopic (exact) mass is 189 g/mol. The summed E-state index contributed by atoms with van der Waals surface area (Å²) in [5.41, 5.74) is 2.45. The molecule has 0 atom stereocenters. The zero-order chi connectivity index (χ0) is 10.1. The number of nitrogens with zero attached hydrogens (tertiary/aromatic N) is 1. The van der Waals surface area contributed by atoms with Gasteiger partial charge in [-0.15, -0.1) is 0 Å². The molecule has 0 aliphatic heterocycles. The molecular weight excluding hydrogens is 178 g/mol. The summed E-state index contributed by atoms with van der Waals surface area (Å²) in [6.07, 6.45) is 4.55. The Morgan fingerprint density at radius 2 is 2.21 bits per heavy atom. The number of aromatic carboxylic acids is 1. The highest BCUT2D eigenvalue weighted by Crippen LogP contribution is 2.12. The highest BCUT2D eigenvalue weighted by atomic mass is 16.4. The second-order valence-electron chi connectivity index (χ2n) is 3.26. The van der Waals surface area contributed by atoms with Gasteiger partial charge in [-0.05, 0) is 24.1 Å². The number of carboxylic acid groups (broad SMARTS) is 1. The Morgan fingerprint density at radius 1 is 1.43 bits per heavy atom. The SMILES string of the molecule is CCc1ccc2cc(C(=O)O)cn2c1. The summed E-state index contributed by atoms with van der Waals surface area (Å²) >= 11 is 0. The molecule has 2 aromatic heterocycles. The Labute approximate surface area is 81.6 Å². The first-order chi connectivity index (χ1) is 6.70. The number of hydrogen-bond donors (Lipinski definition) is 1. The molecule has 0 aliphatic carbocycles. The molecule has 0 radical (unpaired) electrons. The molecule has 0 saturated heterocycles. The lowest BCUT2D eigenvalue weighted by atomic mass is 10.2. The van der Waals surface area contributed by atoms with Crippen LogP contribution in [-0.2, 0) is 6.42 Å². The predicted molar refractivity (Wildman–Crippen MR) is 53.7 cm³/mol. The average Bonchev–Trinajstić information content (AvgIpc) is 2.59. The van der Waals surface area contributed by atoms with Gasteiger partial charge >= 0.3 is 5.97 Å². The molecule has 0 amide bonds. The van der Waals surface area contributed by atoms with Crippen molar-refractivity contribution in [2.45, 2.75) is 13.3 Å². The lowest BCUT2D eigenvalue weighted by Gasteiger charge is -1.97. The zero-order valence-electron chi connectivity index (χ0n) is 7.90. The normalized spacial score (nSPS) is 10.6. The Kier molecular flexibility index (Phi) is 2.00. The van der Waals surface area contributed by atoms with Gasteiger partial charge < -0.3 is 9.51 Å². The molecule has 2 rings (SSSR count). The van der Waals surface area contributed by atoms with Crippen molar-refractivity contribution in [1.82, 2.24) is 4.40 Å². The second-order valence-corrected chi connectivity index (χ2v) is 3.26. The molecule has 0 bridgehead atoms. The van der Waals surface area contributed by atoms with Gasteiger partial charge in [-0.3, -0.25) is 0 Å². The number of carboxylic acids is 1. The van der Waals surface area contributed by atoms with Gasteiger partial charge in [0.25, 0.3) is 0 Å². The number of aryl methyl sites for hydroxylation is 1. The van der Waals surface area contributed by atoms with Crippen molar-refractivity contribution < 1.29 is 9.90 Å². The quantitative estimate of drug-likeness (QED) is 0.786. The molecule has 14 heavy (non-hydrogen) atoms. The molecule has 0 aromatic carbocycles. The molecular formula is C11H11NO2. The van der Waals surface area contributed by atoms with E-state index < -0.39 is 5.97 Å². The molecule has 0 spiro atoms. The Morgan fingerprint density at radius 3 is 2.86 bits per heavy atom. The maximum absolute atomic E-state index is 10.7. The van der Waals surface area contributed by atoms with Gasteiger partial charge in [-0.25, -0.2) is 4.79 Å². The Balaban J connectivity index is 2.60. The van der Waals surface area contributed by atoms with E-state index in [9.17, 15) is 4.79 Å². The van der Waals surface area contributed by atoms with Gasteiger partial charge in [0.2, 0.25) is 0 Å². The standard InChI is InChI=1S/C11H11NO2/c1-2-8-3-4-10-5-9(11(13)14)7-12(10)6-8/h3-7H,2H2,1H3,(H,13,14). The molecule has 1 N–H and O–H groups in total. The fraction of sp³-hybridized carbons (Fsp3) is 0.182. The van der Waals surface area contributed by atoms with Gasteiger partial charge in [0.15, 0.2) is 0 Å². The Bertz CT molecular complexity index is 485. The van der Waals surface area contributed by atoms with Crippen LogP contribution in [0.4, 0.5) is 0 Å². The predicted octanol–water partition coefficient (Wildman–Crippen LogP) is 2.20. The number of fused-ring (bicyclic) bond motifs is 1. The number of carbonyl (C=O) groups is 1. The van der Waals surface area contributed by atoms with Crippen LogP contribution in [0.1, 0.15) is 22.8 Å². The molecule has 0 fully saturated rings. The highest BCUT2D eigenvalue weighted by molar-refractivity contribution is 5.89. The first-order valence-electron chi connectivity index (χ1n) is 4.54. The highest BCUT2D eigenvalue weighted by Gasteiger charge is 2.05. The van der Waals surface area contributed by atoms with Crippen LogP contribution >= 0.6 is 0 Å². The fourth-order valence-electron chi connectivity index (χ4n) is 1.48. The van der Waals surface area contributed by atoms with E-state index in [0.29, 0.717) is 5.56 Å². The Hall–Kier alpha value is -1.77. The van der Waals surface area contributed by atoms with Crippen LogP contribution in [0.5, 0.6) is 0 Å². The maximum atomic E-state index is 10.7. The molecule has 3 heteroatoms.